The highest BCUT2D eigenvalue weighted by molar-refractivity contribution is 6.30. The van der Waals surface area contributed by atoms with Crippen LogP contribution in [0.15, 0.2) is 48.5 Å². The van der Waals surface area contributed by atoms with E-state index < -0.39 is 6.09 Å². The van der Waals surface area contributed by atoms with Gasteiger partial charge < -0.3 is 29.2 Å². The molecule has 37 heavy (non-hydrogen) atoms. The van der Waals surface area contributed by atoms with Crippen molar-refractivity contribution in [2.75, 3.05) is 20.3 Å². The Labute approximate surface area is 213 Å². The highest BCUT2D eigenvalue weighted by atomic mass is 16.6. The molecule has 0 radical (unpaired) electrons. The second-order valence-corrected chi connectivity index (χ2v) is 9.85. The average molecular weight is 497 g/mol. The number of aromatic nitrogens is 2. The van der Waals surface area contributed by atoms with Gasteiger partial charge in [0.15, 0.2) is 0 Å². The van der Waals surface area contributed by atoms with Gasteiger partial charge in [-0.3, -0.25) is 4.79 Å². The van der Waals surface area contributed by atoms with Gasteiger partial charge in [-0.25, -0.2) is 4.79 Å². The predicted octanol–water partition coefficient (Wildman–Crippen LogP) is 4.68. The maximum Gasteiger partial charge on any atom is 0.407 e. The molecule has 2 N–H and O–H groups in total. The minimum Gasteiger partial charge on any atom is -0.446 e. The summed E-state index contributed by atoms with van der Waals surface area (Å²) in [5.41, 5.74) is 6.35. The molecule has 2 aromatic heterocycles. The zero-order valence-corrected chi connectivity index (χ0v) is 20.7. The zero-order chi connectivity index (χ0) is 25.1. The molecule has 1 atom stereocenters. The third-order valence-electron chi connectivity index (χ3n) is 7.87. The third kappa shape index (κ3) is 3.25. The Morgan fingerprint density at radius 3 is 2.27 bits per heavy atom. The summed E-state index contributed by atoms with van der Waals surface area (Å²) < 4.78 is 15.6. The second-order valence-electron chi connectivity index (χ2n) is 9.85. The molecule has 0 saturated carbocycles. The summed E-state index contributed by atoms with van der Waals surface area (Å²) in [4.78, 5) is 25.8. The first-order valence-electron chi connectivity index (χ1n) is 12.9. The smallest absolute Gasteiger partial charge is 0.407 e. The van der Waals surface area contributed by atoms with Gasteiger partial charge in [-0.15, -0.1) is 0 Å². The van der Waals surface area contributed by atoms with Crippen molar-refractivity contribution < 1.29 is 19.1 Å². The standard InChI is InChI=1S/C29H28N4O4/c1-36-15-12-30-29(35)37-17-10-13-32-21-8-4-2-6-18(21)23-20-16-31-28(34)25(20)24-19-7-3-5-9-22(19)33(14-11-17)27(24)26(23)32/h2-9,17H,10-16H2,1H3,(H,30,35)(H,31,34). The molecule has 7 rings (SSSR count). The Morgan fingerprint density at radius 1 is 0.973 bits per heavy atom. The molecule has 5 aromatic rings. The first-order chi connectivity index (χ1) is 18.2. The number of nitrogens with zero attached hydrogens (tertiary/aromatic N) is 2. The number of rotatable bonds is 4. The summed E-state index contributed by atoms with van der Waals surface area (Å²) >= 11 is 0. The zero-order valence-electron chi connectivity index (χ0n) is 20.7. The molecule has 188 valence electrons. The fourth-order valence-electron chi connectivity index (χ4n) is 6.34. The topological polar surface area (TPSA) is 86.5 Å². The van der Waals surface area contributed by atoms with Crippen LogP contribution in [-0.4, -0.2) is 47.5 Å². The molecule has 0 spiro atoms. The second kappa shape index (κ2) is 8.52. The molecule has 0 aliphatic carbocycles. The summed E-state index contributed by atoms with van der Waals surface area (Å²) in [7, 11) is 1.60. The normalized spacial score (nSPS) is 17.2. The largest absolute Gasteiger partial charge is 0.446 e. The lowest BCUT2D eigenvalue weighted by molar-refractivity contribution is 0.0808. The van der Waals surface area contributed by atoms with Crippen molar-refractivity contribution >= 4 is 55.6 Å². The van der Waals surface area contributed by atoms with Crippen LogP contribution in [0.25, 0.3) is 43.6 Å². The van der Waals surface area contributed by atoms with Gasteiger partial charge in [0.25, 0.3) is 5.91 Å². The number of alkyl carbamates (subject to hydrolysis) is 1. The summed E-state index contributed by atoms with van der Waals surface area (Å²) in [6.45, 7) is 2.76. The first-order valence-corrected chi connectivity index (χ1v) is 12.9. The molecule has 0 bridgehead atoms. The SMILES string of the molecule is COCCNC(=O)OC1CCn2c3ccccc3c3c4c(c5c6ccccc6n(c5c32)CC1)C(=O)NC4. The van der Waals surface area contributed by atoms with Crippen LogP contribution in [0, 0.1) is 0 Å². The molecule has 2 aliphatic rings. The van der Waals surface area contributed by atoms with E-state index in [4.69, 9.17) is 9.47 Å². The van der Waals surface area contributed by atoms with Gasteiger partial charge in [0, 0.05) is 78.7 Å². The first kappa shape index (κ1) is 22.2. The Balaban J connectivity index is 1.49. The Bertz CT molecular complexity index is 1730. The van der Waals surface area contributed by atoms with E-state index >= 15 is 0 Å². The number of carbonyl (C=O) groups excluding carboxylic acids is 2. The van der Waals surface area contributed by atoms with Gasteiger partial charge >= 0.3 is 6.09 Å². The van der Waals surface area contributed by atoms with Crippen molar-refractivity contribution in [2.45, 2.75) is 38.6 Å². The van der Waals surface area contributed by atoms with E-state index in [9.17, 15) is 9.59 Å². The molecule has 3 aromatic carbocycles. The van der Waals surface area contributed by atoms with Crippen LogP contribution in [0.1, 0.15) is 28.8 Å². The van der Waals surface area contributed by atoms with Crippen LogP contribution >= 0.6 is 0 Å². The lowest BCUT2D eigenvalue weighted by Gasteiger charge is -2.19. The van der Waals surface area contributed by atoms with Crippen molar-refractivity contribution in [3.05, 3.63) is 59.7 Å². The summed E-state index contributed by atoms with van der Waals surface area (Å²) in [5.74, 6) is -0.00885. The van der Waals surface area contributed by atoms with Gasteiger partial charge in [-0.2, -0.15) is 0 Å². The number of aryl methyl sites for hydroxylation is 2. The minimum atomic E-state index is -0.417. The fraction of sp³-hybridized carbons (Fsp3) is 0.310. The minimum absolute atomic E-state index is 0.00885. The van der Waals surface area contributed by atoms with E-state index in [1.54, 1.807) is 7.11 Å². The van der Waals surface area contributed by atoms with Crippen LogP contribution in [0.5, 0.6) is 0 Å². The molecule has 8 nitrogen and oxygen atoms in total. The van der Waals surface area contributed by atoms with Crippen molar-refractivity contribution in [1.82, 2.24) is 19.8 Å². The monoisotopic (exact) mass is 496 g/mol. The predicted molar refractivity (Wildman–Crippen MR) is 143 cm³/mol. The molecular weight excluding hydrogens is 468 g/mol. The van der Waals surface area contributed by atoms with Crippen molar-refractivity contribution in [1.29, 1.82) is 0 Å². The van der Waals surface area contributed by atoms with Crippen molar-refractivity contribution in [3.63, 3.8) is 0 Å². The number of hydrogen-bond acceptors (Lipinski definition) is 4. The van der Waals surface area contributed by atoms with Crippen LogP contribution in [0.2, 0.25) is 0 Å². The van der Waals surface area contributed by atoms with Gasteiger partial charge in [0.1, 0.15) is 6.10 Å². The van der Waals surface area contributed by atoms with Gasteiger partial charge in [0.2, 0.25) is 0 Å². The summed E-state index contributed by atoms with van der Waals surface area (Å²) in [6.07, 6.45) is 0.710. The molecule has 2 amide bonds. The lowest BCUT2D eigenvalue weighted by Crippen LogP contribution is -2.32. The number of methoxy groups -OCH3 is 1. The number of amides is 2. The van der Waals surface area contributed by atoms with E-state index in [-0.39, 0.29) is 12.0 Å². The quantitative estimate of drug-likeness (QED) is 0.354. The fourth-order valence-corrected chi connectivity index (χ4v) is 6.34. The van der Waals surface area contributed by atoms with Crippen LogP contribution in [-0.2, 0) is 29.1 Å². The maximum absolute atomic E-state index is 13.2. The molecule has 0 saturated heterocycles. The number of hydrogen-bond donors (Lipinski definition) is 2. The Morgan fingerprint density at radius 2 is 1.59 bits per heavy atom. The summed E-state index contributed by atoms with van der Waals surface area (Å²) in [6, 6.07) is 16.7. The van der Waals surface area contributed by atoms with E-state index in [0.717, 1.165) is 54.7 Å². The average Bonchev–Trinajstić information content (AvgIpc) is 3.56. The van der Waals surface area contributed by atoms with Gasteiger partial charge in [-0.1, -0.05) is 36.4 Å². The maximum atomic E-state index is 13.2. The van der Waals surface area contributed by atoms with Gasteiger partial charge in [-0.05, 0) is 17.7 Å². The van der Waals surface area contributed by atoms with Crippen molar-refractivity contribution in [3.8, 4) is 0 Å². The Kier molecular flexibility index (Phi) is 5.11. The number of benzene rings is 3. The van der Waals surface area contributed by atoms with E-state index in [2.05, 4.69) is 56.2 Å². The summed E-state index contributed by atoms with van der Waals surface area (Å²) in [5, 5.41) is 10.3. The van der Waals surface area contributed by atoms with Crippen molar-refractivity contribution in [2.24, 2.45) is 0 Å². The molecule has 2 aliphatic heterocycles. The van der Waals surface area contributed by atoms with Gasteiger partial charge in [0.05, 0.1) is 23.2 Å². The molecule has 0 fully saturated rings. The number of para-hydroxylation sites is 2. The van der Waals surface area contributed by atoms with Crippen LogP contribution in [0.3, 0.4) is 0 Å². The van der Waals surface area contributed by atoms with E-state index in [0.29, 0.717) is 45.6 Å². The highest BCUT2D eigenvalue weighted by Gasteiger charge is 2.32. The molecular formula is C29H28N4O4. The van der Waals surface area contributed by atoms with Crippen LogP contribution in [0.4, 0.5) is 4.79 Å². The van der Waals surface area contributed by atoms with E-state index in [1.165, 1.54) is 0 Å². The lowest BCUT2D eigenvalue weighted by atomic mass is 9.97. The number of carbonyl (C=O) groups is 2. The molecule has 8 heteroatoms. The van der Waals surface area contributed by atoms with Crippen LogP contribution < -0.4 is 10.6 Å². The number of fused-ring (bicyclic) bond motifs is 9. The molecule has 4 heterocycles. The Hall–Kier alpha value is -4.04. The number of nitrogens with one attached hydrogen (secondary N) is 2. The third-order valence-corrected chi connectivity index (χ3v) is 7.87. The molecule has 1 unspecified atom stereocenters. The highest BCUT2D eigenvalue weighted by Crippen LogP contribution is 2.45. The number of ether oxygens (including phenoxy) is 2. The van der Waals surface area contributed by atoms with E-state index in [1.807, 2.05) is 12.1 Å².